The second-order valence-electron chi connectivity index (χ2n) is 5.17. The lowest BCUT2D eigenvalue weighted by molar-refractivity contribution is -0.124. The first-order chi connectivity index (χ1) is 9.57. The molecular formula is C13H15N3O3S. The second kappa shape index (κ2) is 4.99. The fourth-order valence-corrected chi connectivity index (χ4v) is 2.96. The Labute approximate surface area is 119 Å². The van der Waals surface area contributed by atoms with Crippen molar-refractivity contribution in [3.63, 3.8) is 0 Å². The van der Waals surface area contributed by atoms with Gasteiger partial charge >= 0.3 is 0 Å². The van der Waals surface area contributed by atoms with Crippen LogP contribution in [-0.4, -0.2) is 32.7 Å². The third-order valence-corrected chi connectivity index (χ3v) is 4.48. The third-order valence-electron chi connectivity index (χ3n) is 3.66. The van der Waals surface area contributed by atoms with Crippen molar-refractivity contribution in [2.45, 2.75) is 31.4 Å². The fraction of sp³-hybridized carbons (Fsp3) is 0.462. The van der Waals surface area contributed by atoms with Gasteiger partial charge in [-0.2, -0.15) is 0 Å². The highest BCUT2D eigenvalue weighted by Crippen LogP contribution is 2.30. The average molecular weight is 293 g/mol. The molecule has 1 fully saturated rings. The quantitative estimate of drug-likeness (QED) is 0.859. The highest BCUT2D eigenvalue weighted by atomic mass is 32.1. The molecule has 0 radical (unpaired) electrons. The first-order valence-electron chi connectivity index (χ1n) is 6.49. The summed E-state index contributed by atoms with van der Waals surface area (Å²) in [4.78, 5) is 28.7. The Morgan fingerprint density at radius 3 is 3.05 bits per heavy atom. The predicted molar refractivity (Wildman–Crippen MR) is 75.7 cm³/mol. The highest BCUT2D eigenvalue weighted by molar-refractivity contribution is 7.16. The van der Waals surface area contributed by atoms with Gasteiger partial charge in [-0.1, -0.05) is 0 Å². The number of hydrogen-bond donors (Lipinski definition) is 2. The molecule has 2 aromatic heterocycles. The molecule has 0 bridgehead atoms. The van der Waals surface area contributed by atoms with E-state index in [0.717, 1.165) is 19.3 Å². The number of hydrogen-bond acceptors (Lipinski definition) is 5. The van der Waals surface area contributed by atoms with Crippen LogP contribution in [-0.2, 0) is 11.3 Å². The number of thiophene rings is 1. The Balaban J connectivity index is 1.68. The molecule has 0 aromatic carbocycles. The van der Waals surface area contributed by atoms with Crippen LogP contribution in [0.25, 0.3) is 10.2 Å². The van der Waals surface area contributed by atoms with Crippen molar-refractivity contribution >= 4 is 27.5 Å². The number of aromatic nitrogens is 2. The van der Waals surface area contributed by atoms with E-state index in [2.05, 4.69) is 10.3 Å². The van der Waals surface area contributed by atoms with Gasteiger partial charge < -0.3 is 10.4 Å². The summed E-state index contributed by atoms with van der Waals surface area (Å²) in [7, 11) is 0. The Hall–Kier alpha value is -1.73. The van der Waals surface area contributed by atoms with Gasteiger partial charge in [0, 0.05) is 6.54 Å². The second-order valence-corrected chi connectivity index (χ2v) is 6.07. The molecule has 2 aromatic rings. The van der Waals surface area contributed by atoms with Crippen molar-refractivity contribution in [3.05, 3.63) is 28.1 Å². The number of nitrogens with one attached hydrogen (secondary N) is 1. The molecular weight excluding hydrogens is 278 g/mol. The van der Waals surface area contributed by atoms with Crippen LogP contribution in [0.4, 0.5) is 0 Å². The molecule has 7 heteroatoms. The number of amides is 1. The molecule has 106 valence electrons. The Bertz CT molecular complexity index is 702. The minimum Gasteiger partial charge on any atom is -0.388 e. The van der Waals surface area contributed by atoms with Gasteiger partial charge in [0.05, 0.1) is 17.3 Å². The monoisotopic (exact) mass is 293 g/mol. The first-order valence-corrected chi connectivity index (χ1v) is 7.37. The van der Waals surface area contributed by atoms with Crippen LogP contribution in [0.5, 0.6) is 0 Å². The SMILES string of the molecule is O=C(Cn1cnc2sccc2c1=O)NCC1(O)CCC1. The lowest BCUT2D eigenvalue weighted by atomic mass is 9.80. The maximum absolute atomic E-state index is 12.1. The molecule has 0 aliphatic heterocycles. The van der Waals surface area contributed by atoms with Gasteiger partial charge in [-0.3, -0.25) is 14.2 Å². The average Bonchev–Trinajstić information content (AvgIpc) is 2.86. The molecule has 20 heavy (non-hydrogen) atoms. The summed E-state index contributed by atoms with van der Waals surface area (Å²) in [6, 6.07) is 1.71. The van der Waals surface area contributed by atoms with Gasteiger partial charge in [0.15, 0.2) is 0 Å². The zero-order valence-electron chi connectivity index (χ0n) is 10.8. The van der Waals surface area contributed by atoms with Gasteiger partial charge in [-0.25, -0.2) is 4.98 Å². The highest BCUT2D eigenvalue weighted by Gasteiger charge is 2.34. The topological polar surface area (TPSA) is 84.2 Å². The zero-order chi connectivity index (χ0) is 14.2. The molecule has 0 atom stereocenters. The van der Waals surface area contributed by atoms with Crippen LogP contribution >= 0.6 is 11.3 Å². The number of carbonyl (C=O) groups is 1. The van der Waals surface area contributed by atoms with Crippen molar-refractivity contribution < 1.29 is 9.90 Å². The van der Waals surface area contributed by atoms with E-state index in [1.54, 1.807) is 11.4 Å². The van der Waals surface area contributed by atoms with E-state index < -0.39 is 5.60 Å². The number of aliphatic hydroxyl groups is 1. The largest absolute Gasteiger partial charge is 0.388 e. The maximum atomic E-state index is 12.1. The number of carbonyl (C=O) groups excluding carboxylic acids is 1. The molecule has 1 saturated carbocycles. The summed E-state index contributed by atoms with van der Waals surface area (Å²) in [5.74, 6) is -0.288. The Morgan fingerprint density at radius 2 is 2.35 bits per heavy atom. The number of nitrogens with zero attached hydrogens (tertiary/aromatic N) is 2. The van der Waals surface area contributed by atoms with E-state index in [1.165, 1.54) is 22.2 Å². The molecule has 0 spiro atoms. The van der Waals surface area contributed by atoms with Crippen LogP contribution in [0, 0.1) is 0 Å². The summed E-state index contributed by atoms with van der Waals surface area (Å²) >= 11 is 1.40. The normalized spacial score (nSPS) is 16.9. The molecule has 2 N–H and O–H groups in total. The van der Waals surface area contributed by atoms with Crippen molar-refractivity contribution in [2.75, 3.05) is 6.54 Å². The van der Waals surface area contributed by atoms with Crippen LogP contribution in [0.15, 0.2) is 22.6 Å². The summed E-state index contributed by atoms with van der Waals surface area (Å²) in [6.07, 6.45) is 3.81. The lowest BCUT2D eigenvalue weighted by Crippen LogP contribution is -2.48. The van der Waals surface area contributed by atoms with E-state index in [4.69, 9.17) is 0 Å². The molecule has 6 nitrogen and oxygen atoms in total. The van der Waals surface area contributed by atoms with E-state index >= 15 is 0 Å². The minimum absolute atomic E-state index is 0.0757. The van der Waals surface area contributed by atoms with Crippen molar-refractivity contribution in [1.29, 1.82) is 0 Å². The summed E-state index contributed by atoms with van der Waals surface area (Å²) in [5.41, 5.74) is -0.968. The molecule has 1 aliphatic carbocycles. The third kappa shape index (κ3) is 2.46. The minimum atomic E-state index is -0.754. The summed E-state index contributed by atoms with van der Waals surface area (Å²) < 4.78 is 1.29. The van der Waals surface area contributed by atoms with Crippen molar-refractivity contribution in [2.24, 2.45) is 0 Å². The summed E-state index contributed by atoms with van der Waals surface area (Å²) in [5, 5.41) is 14.9. The van der Waals surface area contributed by atoms with Crippen LogP contribution in [0.3, 0.4) is 0 Å². The molecule has 3 rings (SSSR count). The Kier molecular flexibility index (Phi) is 3.31. The number of fused-ring (bicyclic) bond motifs is 1. The van der Waals surface area contributed by atoms with Crippen LogP contribution in [0.1, 0.15) is 19.3 Å². The standard InChI is InChI=1S/C13H15N3O3S/c17-10(14-7-13(19)3-1-4-13)6-16-8-15-11-9(12(16)18)2-5-20-11/h2,5,8,19H,1,3-4,6-7H2,(H,14,17). The lowest BCUT2D eigenvalue weighted by Gasteiger charge is -2.36. The van der Waals surface area contributed by atoms with E-state index in [-0.39, 0.29) is 24.6 Å². The zero-order valence-corrected chi connectivity index (χ0v) is 11.7. The first kappa shape index (κ1) is 13.3. The molecule has 1 amide bonds. The van der Waals surface area contributed by atoms with E-state index in [0.29, 0.717) is 10.2 Å². The van der Waals surface area contributed by atoms with Gasteiger partial charge in [0.25, 0.3) is 5.56 Å². The van der Waals surface area contributed by atoms with Crippen LogP contribution in [0.2, 0.25) is 0 Å². The van der Waals surface area contributed by atoms with E-state index in [9.17, 15) is 14.7 Å². The number of rotatable bonds is 4. The summed E-state index contributed by atoms with van der Waals surface area (Å²) in [6.45, 7) is 0.169. The molecule has 1 aliphatic rings. The van der Waals surface area contributed by atoms with Gasteiger partial charge in [-0.15, -0.1) is 11.3 Å². The Morgan fingerprint density at radius 1 is 1.55 bits per heavy atom. The van der Waals surface area contributed by atoms with E-state index in [1.807, 2.05) is 0 Å². The fourth-order valence-electron chi connectivity index (χ4n) is 2.24. The van der Waals surface area contributed by atoms with Crippen molar-refractivity contribution in [1.82, 2.24) is 14.9 Å². The molecule has 0 saturated heterocycles. The van der Waals surface area contributed by atoms with Gasteiger partial charge in [-0.05, 0) is 30.7 Å². The maximum Gasteiger partial charge on any atom is 0.262 e. The van der Waals surface area contributed by atoms with Gasteiger partial charge in [0.1, 0.15) is 11.4 Å². The predicted octanol–water partition coefficient (Wildman–Crippen LogP) is 0.489. The van der Waals surface area contributed by atoms with Crippen molar-refractivity contribution in [3.8, 4) is 0 Å². The van der Waals surface area contributed by atoms with Gasteiger partial charge in [0.2, 0.25) is 5.91 Å². The molecule has 0 unspecified atom stereocenters. The van der Waals surface area contributed by atoms with Crippen LogP contribution < -0.4 is 10.9 Å². The smallest absolute Gasteiger partial charge is 0.262 e. The molecule has 2 heterocycles.